The fourth-order valence-electron chi connectivity index (χ4n) is 2.17. The lowest BCUT2D eigenvalue weighted by Gasteiger charge is -2.16. The summed E-state index contributed by atoms with van der Waals surface area (Å²) in [6.07, 6.45) is 2.12. The zero-order valence-corrected chi connectivity index (χ0v) is 13.1. The van der Waals surface area contributed by atoms with Crippen molar-refractivity contribution in [2.45, 2.75) is 25.9 Å². The van der Waals surface area contributed by atoms with Gasteiger partial charge in [0, 0.05) is 6.54 Å². The molecule has 0 saturated heterocycles. The molecule has 2 unspecified atom stereocenters. The predicted octanol–water partition coefficient (Wildman–Crippen LogP) is 3.37. The zero-order valence-electron chi connectivity index (χ0n) is 11.6. The first-order valence-electron chi connectivity index (χ1n) is 7.03. The SMILES string of the molecule is CC(CNCC(O)COc1c(Cl)cccc1Cl)C1CC1. The summed E-state index contributed by atoms with van der Waals surface area (Å²) >= 11 is 12.0. The van der Waals surface area contributed by atoms with Gasteiger partial charge < -0.3 is 15.2 Å². The highest BCUT2D eigenvalue weighted by molar-refractivity contribution is 6.37. The maximum atomic E-state index is 9.89. The van der Waals surface area contributed by atoms with Crippen molar-refractivity contribution in [2.24, 2.45) is 11.8 Å². The average Bonchev–Trinajstić information content (AvgIpc) is 3.22. The van der Waals surface area contributed by atoms with Crippen molar-refractivity contribution in [1.82, 2.24) is 5.32 Å². The minimum Gasteiger partial charge on any atom is -0.488 e. The van der Waals surface area contributed by atoms with Crippen molar-refractivity contribution in [3.63, 3.8) is 0 Å². The number of hydrogen-bond acceptors (Lipinski definition) is 3. The molecule has 2 atom stereocenters. The van der Waals surface area contributed by atoms with E-state index >= 15 is 0 Å². The molecule has 1 saturated carbocycles. The fourth-order valence-corrected chi connectivity index (χ4v) is 2.67. The summed E-state index contributed by atoms with van der Waals surface area (Å²) in [7, 11) is 0. The van der Waals surface area contributed by atoms with Gasteiger partial charge in [-0.2, -0.15) is 0 Å². The lowest BCUT2D eigenvalue weighted by molar-refractivity contribution is 0.105. The number of aliphatic hydroxyl groups is 1. The van der Waals surface area contributed by atoms with E-state index in [1.807, 2.05) is 0 Å². The van der Waals surface area contributed by atoms with E-state index in [9.17, 15) is 5.11 Å². The molecule has 112 valence electrons. The van der Waals surface area contributed by atoms with Gasteiger partial charge in [-0.25, -0.2) is 0 Å². The molecule has 0 amide bonds. The van der Waals surface area contributed by atoms with E-state index < -0.39 is 6.10 Å². The van der Waals surface area contributed by atoms with Crippen molar-refractivity contribution in [3.8, 4) is 5.75 Å². The monoisotopic (exact) mass is 317 g/mol. The van der Waals surface area contributed by atoms with Crippen LogP contribution in [0.3, 0.4) is 0 Å². The van der Waals surface area contributed by atoms with Gasteiger partial charge in [0.05, 0.1) is 10.0 Å². The maximum absolute atomic E-state index is 9.89. The van der Waals surface area contributed by atoms with Gasteiger partial charge in [0.15, 0.2) is 5.75 Å². The predicted molar refractivity (Wildman–Crippen MR) is 82.7 cm³/mol. The third kappa shape index (κ3) is 4.81. The summed E-state index contributed by atoms with van der Waals surface area (Å²) < 4.78 is 5.49. The number of benzene rings is 1. The summed E-state index contributed by atoms with van der Waals surface area (Å²) in [6, 6.07) is 5.18. The van der Waals surface area contributed by atoms with Crippen LogP contribution in [0.5, 0.6) is 5.75 Å². The molecule has 20 heavy (non-hydrogen) atoms. The molecule has 0 aliphatic heterocycles. The van der Waals surface area contributed by atoms with E-state index in [0.29, 0.717) is 28.3 Å². The highest BCUT2D eigenvalue weighted by Gasteiger charge is 2.27. The maximum Gasteiger partial charge on any atom is 0.156 e. The topological polar surface area (TPSA) is 41.5 Å². The Kier molecular flexibility index (Phi) is 5.97. The van der Waals surface area contributed by atoms with Crippen LogP contribution in [0.1, 0.15) is 19.8 Å². The van der Waals surface area contributed by atoms with Gasteiger partial charge in [0.2, 0.25) is 0 Å². The third-order valence-electron chi connectivity index (χ3n) is 3.61. The van der Waals surface area contributed by atoms with Crippen LogP contribution in [-0.4, -0.2) is 30.9 Å². The molecular formula is C15H21Cl2NO2. The van der Waals surface area contributed by atoms with Crippen LogP contribution in [0.25, 0.3) is 0 Å². The van der Waals surface area contributed by atoms with Crippen LogP contribution < -0.4 is 10.1 Å². The molecule has 0 aromatic heterocycles. The normalized spacial score (nSPS) is 17.8. The number of halogens is 2. The van der Waals surface area contributed by atoms with Gasteiger partial charge in [-0.3, -0.25) is 0 Å². The fraction of sp³-hybridized carbons (Fsp3) is 0.600. The Morgan fingerprint density at radius 1 is 1.30 bits per heavy atom. The standard InChI is InChI=1S/C15H21Cl2NO2/c1-10(11-5-6-11)7-18-8-12(19)9-20-15-13(16)3-2-4-14(15)17/h2-4,10-12,18-19H,5-9H2,1H3. The molecular weight excluding hydrogens is 297 g/mol. The van der Waals surface area contributed by atoms with Crippen molar-refractivity contribution in [3.05, 3.63) is 28.2 Å². The molecule has 0 bridgehead atoms. The minimum absolute atomic E-state index is 0.175. The molecule has 1 aliphatic carbocycles. The molecule has 1 fully saturated rings. The first kappa shape index (κ1) is 15.9. The van der Waals surface area contributed by atoms with E-state index in [1.165, 1.54) is 12.8 Å². The first-order valence-corrected chi connectivity index (χ1v) is 7.79. The Hall–Kier alpha value is -0.480. The van der Waals surface area contributed by atoms with E-state index in [-0.39, 0.29) is 6.61 Å². The van der Waals surface area contributed by atoms with E-state index in [1.54, 1.807) is 18.2 Å². The van der Waals surface area contributed by atoms with Crippen LogP contribution in [0.15, 0.2) is 18.2 Å². The minimum atomic E-state index is -0.575. The second kappa shape index (κ2) is 7.51. The summed E-state index contributed by atoms with van der Waals surface area (Å²) in [4.78, 5) is 0. The van der Waals surface area contributed by atoms with Crippen molar-refractivity contribution in [1.29, 1.82) is 0 Å². The smallest absolute Gasteiger partial charge is 0.156 e. The molecule has 1 aromatic carbocycles. The highest BCUT2D eigenvalue weighted by Crippen LogP contribution is 2.36. The van der Waals surface area contributed by atoms with E-state index in [2.05, 4.69) is 12.2 Å². The lowest BCUT2D eigenvalue weighted by atomic mass is 10.1. The third-order valence-corrected chi connectivity index (χ3v) is 4.21. The van der Waals surface area contributed by atoms with Gasteiger partial charge in [-0.05, 0) is 43.4 Å². The molecule has 0 spiro atoms. The number of ether oxygens (including phenoxy) is 1. The second-order valence-electron chi connectivity index (χ2n) is 5.49. The molecule has 2 N–H and O–H groups in total. The second-order valence-corrected chi connectivity index (χ2v) is 6.30. The van der Waals surface area contributed by atoms with Crippen molar-refractivity contribution < 1.29 is 9.84 Å². The summed E-state index contributed by atoms with van der Waals surface area (Å²) in [5.41, 5.74) is 0. The highest BCUT2D eigenvalue weighted by atomic mass is 35.5. The van der Waals surface area contributed by atoms with Crippen LogP contribution in [0.4, 0.5) is 0 Å². The van der Waals surface area contributed by atoms with E-state index in [0.717, 1.165) is 12.5 Å². The van der Waals surface area contributed by atoms with Crippen LogP contribution in [0.2, 0.25) is 10.0 Å². The number of nitrogens with one attached hydrogen (secondary N) is 1. The lowest BCUT2D eigenvalue weighted by Crippen LogP contribution is -2.34. The first-order chi connectivity index (χ1) is 9.58. The van der Waals surface area contributed by atoms with Crippen molar-refractivity contribution in [2.75, 3.05) is 19.7 Å². The van der Waals surface area contributed by atoms with E-state index in [4.69, 9.17) is 27.9 Å². The number of hydrogen-bond donors (Lipinski definition) is 2. The quantitative estimate of drug-likeness (QED) is 0.772. The molecule has 1 aromatic rings. The summed E-state index contributed by atoms with van der Waals surface area (Å²) in [5.74, 6) is 1.99. The largest absolute Gasteiger partial charge is 0.488 e. The molecule has 0 radical (unpaired) electrons. The molecule has 5 heteroatoms. The van der Waals surface area contributed by atoms with Gasteiger partial charge in [-0.1, -0.05) is 36.2 Å². The molecule has 3 nitrogen and oxygen atoms in total. The number of rotatable bonds is 8. The molecule has 2 rings (SSSR count). The van der Waals surface area contributed by atoms with Crippen LogP contribution in [-0.2, 0) is 0 Å². The summed E-state index contributed by atoms with van der Waals surface area (Å²) in [6.45, 7) is 3.87. The Bertz CT molecular complexity index is 418. The molecule has 0 heterocycles. The van der Waals surface area contributed by atoms with Gasteiger partial charge in [0.1, 0.15) is 12.7 Å². The Morgan fingerprint density at radius 2 is 1.95 bits per heavy atom. The van der Waals surface area contributed by atoms with Gasteiger partial charge in [-0.15, -0.1) is 0 Å². The Labute approximate surface area is 130 Å². The number of para-hydroxylation sites is 1. The van der Waals surface area contributed by atoms with Gasteiger partial charge in [0.25, 0.3) is 0 Å². The van der Waals surface area contributed by atoms with Crippen LogP contribution >= 0.6 is 23.2 Å². The zero-order chi connectivity index (χ0) is 14.5. The van der Waals surface area contributed by atoms with Crippen LogP contribution in [0, 0.1) is 11.8 Å². The Morgan fingerprint density at radius 3 is 2.55 bits per heavy atom. The number of aliphatic hydroxyl groups excluding tert-OH is 1. The average molecular weight is 318 g/mol. The summed E-state index contributed by atoms with van der Waals surface area (Å²) in [5, 5.41) is 14.1. The van der Waals surface area contributed by atoms with Gasteiger partial charge >= 0.3 is 0 Å². The Balaban J connectivity index is 1.67. The van der Waals surface area contributed by atoms with Crippen molar-refractivity contribution >= 4 is 23.2 Å². The molecule has 1 aliphatic rings.